The number of carbonyl (C=O) groups excluding carboxylic acids is 1. The molecule has 0 spiro atoms. The molecule has 19 heavy (non-hydrogen) atoms. The van der Waals surface area contributed by atoms with Gasteiger partial charge >= 0.3 is 5.97 Å². The van der Waals surface area contributed by atoms with Crippen molar-refractivity contribution < 1.29 is 14.6 Å². The number of anilines is 1. The summed E-state index contributed by atoms with van der Waals surface area (Å²) in [5.74, 6) is -0.363. The van der Waals surface area contributed by atoms with Gasteiger partial charge in [-0.3, -0.25) is 0 Å². The molecule has 1 saturated carbocycles. The molecule has 1 fully saturated rings. The number of aliphatic hydroxyl groups is 1. The van der Waals surface area contributed by atoms with Crippen LogP contribution in [0, 0.1) is 0 Å². The first-order chi connectivity index (χ1) is 9.29. The molecule has 0 saturated heterocycles. The van der Waals surface area contributed by atoms with Crippen LogP contribution < -0.4 is 5.32 Å². The van der Waals surface area contributed by atoms with Crippen molar-refractivity contribution in [2.75, 3.05) is 11.9 Å². The van der Waals surface area contributed by atoms with E-state index < -0.39 is 6.04 Å². The highest BCUT2D eigenvalue weighted by Crippen LogP contribution is 2.21. The summed E-state index contributed by atoms with van der Waals surface area (Å²) in [5, 5.41) is 12.3. The van der Waals surface area contributed by atoms with E-state index in [4.69, 9.17) is 4.74 Å². The number of hydrogen-bond donors (Lipinski definition) is 2. The van der Waals surface area contributed by atoms with E-state index in [0.717, 1.165) is 31.4 Å². The molecule has 0 bridgehead atoms. The number of carbonyl (C=O) groups is 1. The monoisotopic (exact) mass is 263 g/mol. The molecule has 104 valence electrons. The average molecular weight is 263 g/mol. The highest BCUT2D eigenvalue weighted by Gasteiger charge is 2.24. The predicted molar refractivity (Wildman–Crippen MR) is 73.9 cm³/mol. The molecule has 0 radical (unpaired) electrons. The fraction of sp³-hybridized carbons (Fsp3) is 0.533. The van der Waals surface area contributed by atoms with Gasteiger partial charge in [0.2, 0.25) is 0 Å². The lowest BCUT2D eigenvalue weighted by Gasteiger charge is -2.24. The number of hydrogen-bond acceptors (Lipinski definition) is 4. The minimum absolute atomic E-state index is 0.0212. The molecule has 0 amide bonds. The van der Waals surface area contributed by atoms with Gasteiger partial charge in [-0.25, -0.2) is 4.79 Å². The molecule has 4 nitrogen and oxygen atoms in total. The normalized spacial score (nSPS) is 17.7. The van der Waals surface area contributed by atoms with Gasteiger partial charge in [0.1, 0.15) is 12.1 Å². The molecule has 0 aromatic heterocycles. The third-order valence-electron chi connectivity index (χ3n) is 3.42. The molecule has 2 N–H and O–H groups in total. The predicted octanol–water partition coefficient (Wildman–Crippen LogP) is 2.34. The van der Waals surface area contributed by atoms with Gasteiger partial charge in [0.25, 0.3) is 0 Å². The molecule has 0 heterocycles. The molecular weight excluding hydrogens is 242 g/mol. The lowest BCUT2D eigenvalue weighted by molar-refractivity contribution is -0.152. The van der Waals surface area contributed by atoms with Crippen LogP contribution in [0.15, 0.2) is 30.3 Å². The number of aliphatic hydroxyl groups excluding tert-OH is 1. The third kappa shape index (κ3) is 4.24. The Morgan fingerprint density at radius 2 is 1.95 bits per heavy atom. The van der Waals surface area contributed by atoms with Crippen LogP contribution in [0.25, 0.3) is 0 Å². The first-order valence-corrected chi connectivity index (χ1v) is 6.92. The maximum absolute atomic E-state index is 12.0. The van der Waals surface area contributed by atoms with Crippen molar-refractivity contribution in [3.8, 4) is 0 Å². The first kappa shape index (κ1) is 13.9. The Morgan fingerprint density at radius 3 is 2.58 bits per heavy atom. The van der Waals surface area contributed by atoms with Crippen molar-refractivity contribution in [1.29, 1.82) is 0 Å². The van der Waals surface area contributed by atoms with Crippen LogP contribution in [0.2, 0.25) is 0 Å². The molecule has 1 aromatic carbocycles. The number of nitrogens with one attached hydrogen (secondary N) is 1. The number of esters is 1. The Bertz CT molecular complexity index is 388. The van der Waals surface area contributed by atoms with E-state index in [0.29, 0.717) is 0 Å². The Hall–Kier alpha value is -1.55. The highest BCUT2D eigenvalue weighted by molar-refractivity contribution is 5.79. The zero-order valence-corrected chi connectivity index (χ0v) is 11.0. The van der Waals surface area contributed by atoms with E-state index in [1.165, 1.54) is 6.42 Å². The lowest BCUT2D eigenvalue weighted by Crippen LogP contribution is -2.37. The van der Waals surface area contributed by atoms with Crippen LogP contribution in [0.4, 0.5) is 5.69 Å². The number of ether oxygens (including phenoxy) is 1. The van der Waals surface area contributed by atoms with Crippen LogP contribution in [-0.4, -0.2) is 29.8 Å². The number of para-hydroxylation sites is 1. The molecule has 1 aliphatic rings. The van der Waals surface area contributed by atoms with E-state index in [1.54, 1.807) is 0 Å². The minimum Gasteiger partial charge on any atom is -0.461 e. The standard InChI is InChI=1S/C15H21NO3/c17-11-14(16-12-7-3-1-4-8-12)15(18)19-13-9-5-2-6-10-13/h1,3-4,7-8,13-14,16-17H,2,5-6,9-11H2/t14-/m1/s1. The SMILES string of the molecule is O=C(OC1CCCCC1)[C@@H](CO)Nc1ccccc1. The van der Waals surface area contributed by atoms with Crippen molar-refractivity contribution in [2.24, 2.45) is 0 Å². The summed E-state index contributed by atoms with van der Waals surface area (Å²) in [5.41, 5.74) is 0.808. The quantitative estimate of drug-likeness (QED) is 0.801. The zero-order valence-electron chi connectivity index (χ0n) is 11.0. The van der Waals surface area contributed by atoms with Gasteiger partial charge in [-0.05, 0) is 37.8 Å². The summed E-state index contributed by atoms with van der Waals surface area (Å²) >= 11 is 0. The lowest BCUT2D eigenvalue weighted by atomic mass is 9.98. The number of benzene rings is 1. The van der Waals surface area contributed by atoms with E-state index >= 15 is 0 Å². The Labute approximate surface area is 113 Å². The van der Waals surface area contributed by atoms with Gasteiger partial charge in [0, 0.05) is 5.69 Å². The maximum Gasteiger partial charge on any atom is 0.331 e. The Kier molecular flexibility index (Phi) is 5.21. The van der Waals surface area contributed by atoms with Gasteiger partial charge in [0.15, 0.2) is 0 Å². The van der Waals surface area contributed by atoms with Crippen LogP contribution in [0.1, 0.15) is 32.1 Å². The van der Waals surface area contributed by atoms with E-state index in [2.05, 4.69) is 5.32 Å². The van der Waals surface area contributed by atoms with Crippen molar-refractivity contribution in [3.63, 3.8) is 0 Å². The first-order valence-electron chi connectivity index (χ1n) is 6.92. The minimum atomic E-state index is -0.690. The summed E-state index contributed by atoms with van der Waals surface area (Å²) < 4.78 is 5.46. The molecule has 1 atom stereocenters. The molecule has 0 aliphatic heterocycles. The fourth-order valence-corrected chi connectivity index (χ4v) is 2.34. The molecule has 1 aliphatic carbocycles. The smallest absolute Gasteiger partial charge is 0.331 e. The molecule has 4 heteroatoms. The van der Waals surface area contributed by atoms with Crippen molar-refractivity contribution >= 4 is 11.7 Å². The largest absolute Gasteiger partial charge is 0.461 e. The average Bonchev–Trinajstić information content (AvgIpc) is 2.47. The van der Waals surface area contributed by atoms with Crippen molar-refractivity contribution in [2.45, 2.75) is 44.2 Å². The molecule has 1 aromatic rings. The fourth-order valence-electron chi connectivity index (χ4n) is 2.34. The highest BCUT2D eigenvalue weighted by atomic mass is 16.5. The third-order valence-corrected chi connectivity index (χ3v) is 3.42. The van der Waals surface area contributed by atoms with E-state index in [-0.39, 0.29) is 18.7 Å². The second-order valence-corrected chi connectivity index (χ2v) is 4.94. The van der Waals surface area contributed by atoms with Crippen molar-refractivity contribution in [3.05, 3.63) is 30.3 Å². The number of rotatable bonds is 5. The van der Waals surface area contributed by atoms with Crippen LogP contribution in [0.5, 0.6) is 0 Å². The van der Waals surface area contributed by atoms with Gasteiger partial charge < -0.3 is 15.2 Å². The van der Waals surface area contributed by atoms with Gasteiger partial charge in [-0.2, -0.15) is 0 Å². The van der Waals surface area contributed by atoms with Crippen molar-refractivity contribution in [1.82, 2.24) is 0 Å². The Morgan fingerprint density at radius 1 is 1.26 bits per heavy atom. The van der Waals surface area contributed by atoms with Gasteiger partial charge in [-0.1, -0.05) is 24.6 Å². The summed E-state index contributed by atoms with van der Waals surface area (Å²) in [6, 6.07) is 8.68. The summed E-state index contributed by atoms with van der Waals surface area (Å²) in [7, 11) is 0. The van der Waals surface area contributed by atoms with E-state index in [1.807, 2.05) is 30.3 Å². The second-order valence-electron chi connectivity index (χ2n) is 4.94. The summed E-state index contributed by atoms with van der Waals surface area (Å²) in [4.78, 5) is 12.0. The molecule has 0 unspecified atom stereocenters. The van der Waals surface area contributed by atoms with Crippen LogP contribution in [-0.2, 0) is 9.53 Å². The van der Waals surface area contributed by atoms with Gasteiger partial charge in [-0.15, -0.1) is 0 Å². The van der Waals surface area contributed by atoms with Crippen LogP contribution in [0.3, 0.4) is 0 Å². The second kappa shape index (κ2) is 7.14. The topological polar surface area (TPSA) is 58.6 Å². The summed E-state index contributed by atoms with van der Waals surface area (Å²) in [6.07, 6.45) is 5.36. The Balaban J connectivity index is 1.87. The molecular formula is C15H21NO3. The summed E-state index contributed by atoms with van der Waals surface area (Å²) in [6.45, 7) is -0.263. The maximum atomic E-state index is 12.0. The molecule has 2 rings (SSSR count). The van der Waals surface area contributed by atoms with Crippen LogP contribution >= 0.6 is 0 Å². The van der Waals surface area contributed by atoms with E-state index in [9.17, 15) is 9.90 Å². The zero-order chi connectivity index (χ0) is 13.5. The van der Waals surface area contributed by atoms with Gasteiger partial charge in [0.05, 0.1) is 6.61 Å².